The van der Waals surface area contributed by atoms with Gasteiger partial charge in [-0.05, 0) is 20.8 Å². The maximum atomic E-state index is 12.6. The van der Waals surface area contributed by atoms with Gasteiger partial charge in [-0.15, -0.1) is 0 Å². The molecule has 1 unspecified atom stereocenters. The van der Waals surface area contributed by atoms with Gasteiger partial charge in [0.2, 0.25) is 17.7 Å². The van der Waals surface area contributed by atoms with Crippen molar-refractivity contribution in [3.05, 3.63) is 0 Å². The summed E-state index contributed by atoms with van der Waals surface area (Å²) in [6.07, 6.45) is -0.462. The fourth-order valence-corrected chi connectivity index (χ4v) is 2.73. The van der Waals surface area contributed by atoms with Gasteiger partial charge < -0.3 is 19.5 Å². The Morgan fingerprint density at radius 1 is 1.25 bits per heavy atom. The summed E-state index contributed by atoms with van der Waals surface area (Å²) in [7, 11) is 0. The highest BCUT2D eigenvalue weighted by Crippen LogP contribution is 2.38. The Bertz CT molecular complexity index is 719. The van der Waals surface area contributed by atoms with E-state index in [-0.39, 0.29) is 12.8 Å². The molecular formula is C16H21ClN2O9. The molecule has 0 saturated carbocycles. The quantitative estimate of drug-likeness (QED) is 0.281. The molecule has 2 fully saturated rings. The van der Waals surface area contributed by atoms with Crippen molar-refractivity contribution < 1.29 is 43.0 Å². The zero-order valence-electron chi connectivity index (χ0n) is 15.8. The van der Waals surface area contributed by atoms with Crippen molar-refractivity contribution >= 4 is 41.3 Å². The molecule has 0 radical (unpaired) electrons. The lowest BCUT2D eigenvalue weighted by Gasteiger charge is -2.32. The van der Waals surface area contributed by atoms with Crippen LogP contribution in [-0.4, -0.2) is 58.9 Å². The van der Waals surface area contributed by atoms with E-state index < -0.39 is 59.3 Å². The molecule has 2 amide bonds. The Labute approximate surface area is 165 Å². The lowest BCUT2D eigenvalue weighted by atomic mass is 9.98. The molecule has 156 valence electrons. The summed E-state index contributed by atoms with van der Waals surface area (Å²) in [6.45, 7) is 4.71. The van der Waals surface area contributed by atoms with Crippen LogP contribution in [0.3, 0.4) is 0 Å². The van der Waals surface area contributed by atoms with Crippen LogP contribution in [0.1, 0.15) is 40.5 Å². The molecule has 0 aromatic rings. The fourth-order valence-electron chi connectivity index (χ4n) is 2.47. The van der Waals surface area contributed by atoms with E-state index in [1.54, 1.807) is 20.8 Å². The van der Waals surface area contributed by atoms with Crippen molar-refractivity contribution in [2.24, 2.45) is 5.41 Å². The van der Waals surface area contributed by atoms with Crippen LogP contribution < -0.4 is 5.32 Å². The zero-order valence-corrected chi connectivity index (χ0v) is 16.6. The first-order valence-electron chi connectivity index (χ1n) is 8.33. The lowest BCUT2D eigenvalue weighted by Crippen LogP contribution is -2.59. The van der Waals surface area contributed by atoms with Crippen LogP contribution in [-0.2, 0) is 43.0 Å². The first-order chi connectivity index (χ1) is 12.8. The molecule has 0 aromatic heterocycles. The van der Waals surface area contributed by atoms with Crippen molar-refractivity contribution in [2.75, 3.05) is 13.4 Å². The van der Waals surface area contributed by atoms with Gasteiger partial charge in [0.1, 0.15) is 6.61 Å². The van der Waals surface area contributed by atoms with E-state index in [1.807, 2.05) is 0 Å². The van der Waals surface area contributed by atoms with Gasteiger partial charge in [-0.3, -0.25) is 24.0 Å². The van der Waals surface area contributed by atoms with Gasteiger partial charge in [0.05, 0.1) is 11.8 Å². The van der Waals surface area contributed by atoms with Crippen molar-refractivity contribution in [1.82, 2.24) is 10.4 Å². The standard InChI is InChI=1S/C16H21ClN2O9/c1-9(20)18-15(17)7-27-19(11(15)22)16(6-5-10(21)28-16)13(24)26-8-25-12(23)14(2,3)4/h5-8H2,1-4H3,(H,18,20)/t15-,16?/m1/s1. The van der Waals surface area contributed by atoms with Crippen LogP contribution in [0.4, 0.5) is 0 Å². The lowest BCUT2D eigenvalue weighted by molar-refractivity contribution is -0.262. The summed E-state index contributed by atoms with van der Waals surface area (Å²) in [5.74, 6) is -4.20. The second-order valence-electron chi connectivity index (χ2n) is 7.35. The number of rotatable bonds is 5. The van der Waals surface area contributed by atoms with Gasteiger partial charge in [0, 0.05) is 13.3 Å². The number of ether oxygens (including phenoxy) is 3. The summed E-state index contributed by atoms with van der Waals surface area (Å²) < 4.78 is 14.8. The maximum Gasteiger partial charge on any atom is 0.377 e. The van der Waals surface area contributed by atoms with Crippen LogP contribution in [0.25, 0.3) is 0 Å². The van der Waals surface area contributed by atoms with E-state index in [1.165, 1.54) is 0 Å². The number of hydrogen-bond acceptors (Lipinski definition) is 9. The summed E-state index contributed by atoms with van der Waals surface area (Å²) >= 11 is 6.08. The monoisotopic (exact) mass is 420 g/mol. The number of hydroxylamine groups is 2. The molecule has 0 aliphatic carbocycles. The Kier molecular flexibility index (Phi) is 5.90. The molecule has 11 nitrogen and oxygen atoms in total. The number of carbonyl (C=O) groups excluding carboxylic acids is 5. The third-order valence-corrected chi connectivity index (χ3v) is 4.25. The molecule has 0 aromatic carbocycles. The third-order valence-electron chi connectivity index (χ3n) is 3.88. The average molecular weight is 421 g/mol. The highest BCUT2D eigenvalue weighted by Gasteiger charge is 2.63. The molecule has 1 N–H and O–H groups in total. The van der Waals surface area contributed by atoms with Crippen molar-refractivity contribution in [3.63, 3.8) is 0 Å². The minimum absolute atomic E-state index is 0.195. The number of cyclic esters (lactones) is 1. The number of halogens is 1. The topological polar surface area (TPSA) is 138 Å². The Hall–Kier alpha value is -2.40. The first kappa shape index (κ1) is 21.9. The summed E-state index contributed by atoms with van der Waals surface area (Å²) in [5.41, 5.74) is -3.06. The van der Waals surface area contributed by atoms with Crippen LogP contribution in [0.5, 0.6) is 0 Å². The van der Waals surface area contributed by atoms with E-state index in [2.05, 4.69) is 5.32 Å². The van der Waals surface area contributed by atoms with E-state index in [9.17, 15) is 24.0 Å². The smallest absolute Gasteiger partial charge is 0.377 e. The first-order valence-corrected chi connectivity index (χ1v) is 8.71. The van der Waals surface area contributed by atoms with Crippen LogP contribution >= 0.6 is 11.6 Å². The summed E-state index contributed by atoms with van der Waals surface area (Å²) in [5, 5.41) is 2.69. The third kappa shape index (κ3) is 4.20. The number of nitrogens with zero attached hydrogens (tertiary/aromatic N) is 1. The molecule has 0 bridgehead atoms. The molecule has 2 aliphatic rings. The predicted molar refractivity (Wildman–Crippen MR) is 89.8 cm³/mol. The molecular weight excluding hydrogens is 400 g/mol. The molecule has 2 aliphatic heterocycles. The van der Waals surface area contributed by atoms with Crippen LogP contribution in [0.2, 0.25) is 0 Å². The maximum absolute atomic E-state index is 12.6. The van der Waals surface area contributed by atoms with E-state index in [4.69, 9.17) is 30.6 Å². The number of amides is 2. The summed E-state index contributed by atoms with van der Waals surface area (Å²) in [6, 6.07) is 0. The Morgan fingerprint density at radius 3 is 2.39 bits per heavy atom. The van der Waals surface area contributed by atoms with Crippen molar-refractivity contribution in [2.45, 2.75) is 51.3 Å². The van der Waals surface area contributed by atoms with Crippen molar-refractivity contribution in [3.8, 4) is 0 Å². The Morgan fingerprint density at radius 2 is 1.89 bits per heavy atom. The van der Waals surface area contributed by atoms with Gasteiger partial charge in [0.25, 0.3) is 5.91 Å². The number of nitrogens with one attached hydrogen (secondary N) is 1. The largest absolute Gasteiger partial charge is 0.427 e. The molecule has 2 rings (SSSR count). The number of esters is 3. The normalized spacial score (nSPS) is 27.4. The fraction of sp³-hybridized carbons (Fsp3) is 0.688. The second kappa shape index (κ2) is 7.55. The molecule has 2 saturated heterocycles. The molecule has 0 spiro atoms. The second-order valence-corrected chi connectivity index (χ2v) is 7.99. The highest BCUT2D eigenvalue weighted by molar-refractivity contribution is 6.36. The number of hydrogen-bond donors (Lipinski definition) is 1. The summed E-state index contributed by atoms with van der Waals surface area (Å²) in [4.78, 5) is 63.2. The van der Waals surface area contributed by atoms with Crippen LogP contribution in [0.15, 0.2) is 0 Å². The molecule has 2 atom stereocenters. The van der Waals surface area contributed by atoms with Crippen molar-refractivity contribution in [1.29, 1.82) is 0 Å². The van der Waals surface area contributed by atoms with Gasteiger partial charge in [-0.1, -0.05) is 11.6 Å². The van der Waals surface area contributed by atoms with Gasteiger partial charge >= 0.3 is 23.6 Å². The number of alkyl halides is 1. The Balaban J connectivity index is 2.15. The number of carbonyl (C=O) groups is 5. The van der Waals surface area contributed by atoms with E-state index >= 15 is 0 Å². The van der Waals surface area contributed by atoms with E-state index in [0.717, 1.165) is 6.92 Å². The van der Waals surface area contributed by atoms with Gasteiger partial charge in [0.15, 0.2) is 0 Å². The van der Waals surface area contributed by atoms with Crippen LogP contribution in [0, 0.1) is 5.41 Å². The minimum Gasteiger partial charge on any atom is -0.427 e. The molecule has 28 heavy (non-hydrogen) atoms. The SMILES string of the molecule is CC(=O)N[C@]1(Cl)CON(C2(C(=O)OCOC(=O)C(C)(C)C)CCC(=O)O2)C1=O. The molecule has 12 heteroatoms. The highest BCUT2D eigenvalue weighted by atomic mass is 35.5. The van der Waals surface area contributed by atoms with E-state index in [0.29, 0.717) is 5.06 Å². The zero-order chi connectivity index (χ0) is 21.3. The van der Waals surface area contributed by atoms with Gasteiger partial charge in [-0.2, -0.15) is 5.06 Å². The minimum atomic E-state index is -2.24. The van der Waals surface area contributed by atoms with Gasteiger partial charge in [-0.25, -0.2) is 4.79 Å². The predicted octanol–water partition coefficient (Wildman–Crippen LogP) is -0.0453. The molecule has 2 heterocycles. The average Bonchev–Trinajstić information content (AvgIpc) is 3.08.